The van der Waals surface area contributed by atoms with Gasteiger partial charge in [-0.25, -0.2) is 9.37 Å². The quantitative estimate of drug-likeness (QED) is 0.711. The van der Waals surface area contributed by atoms with Gasteiger partial charge in [-0.3, -0.25) is 0 Å². The van der Waals surface area contributed by atoms with Crippen LogP contribution in [-0.2, 0) is 6.54 Å². The molecule has 2 heterocycles. The topological polar surface area (TPSA) is 73.1 Å². The smallest absolute Gasteiger partial charge is 0.201 e. The Morgan fingerprint density at radius 2 is 1.89 bits per heavy atom. The Morgan fingerprint density at radius 1 is 1.07 bits per heavy atom. The highest BCUT2D eigenvalue weighted by Crippen LogP contribution is 2.33. The summed E-state index contributed by atoms with van der Waals surface area (Å²) in [7, 11) is 0. The molecule has 1 unspecified atom stereocenters. The summed E-state index contributed by atoms with van der Waals surface area (Å²) in [5.41, 5.74) is 16.3. The van der Waals surface area contributed by atoms with Crippen LogP contribution in [0.5, 0.6) is 0 Å². The van der Waals surface area contributed by atoms with Gasteiger partial charge in [0.15, 0.2) is 0 Å². The van der Waals surface area contributed by atoms with Crippen molar-refractivity contribution in [3.63, 3.8) is 0 Å². The summed E-state index contributed by atoms with van der Waals surface area (Å²) in [6.07, 6.45) is 3.45. The van der Waals surface area contributed by atoms with E-state index in [0.29, 0.717) is 25.0 Å². The van der Waals surface area contributed by atoms with Gasteiger partial charge in [0.1, 0.15) is 5.82 Å². The Kier molecular flexibility index (Phi) is 5.59. The SMILES string of the molecule is NCCN1CCCC(c2cccc3c2nc(N)n3Cc2ccc(F)cc2)CC1. The first kappa shape index (κ1) is 18.9. The van der Waals surface area contributed by atoms with E-state index in [2.05, 4.69) is 23.1 Å². The van der Waals surface area contributed by atoms with Crippen LogP contribution >= 0.6 is 0 Å². The number of hydrogen-bond acceptors (Lipinski definition) is 4. The number of benzene rings is 2. The first-order chi connectivity index (χ1) is 13.7. The van der Waals surface area contributed by atoms with Gasteiger partial charge in [-0.1, -0.05) is 24.3 Å². The van der Waals surface area contributed by atoms with Crippen LogP contribution in [-0.4, -0.2) is 40.6 Å². The third kappa shape index (κ3) is 3.88. The van der Waals surface area contributed by atoms with Crippen molar-refractivity contribution in [2.24, 2.45) is 5.73 Å². The first-order valence-corrected chi connectivity index (χ1v) is 10.1. The largest absolute Gasteiger partial charge is 0.369 e. The number of nitrogen functional groups attached to an aromatic ring is 1. The van der Waals surface area contributed by atoms with E-state index in [9.17, 15) is 4.39 Å². The second kappa shape index (κ2) is 8.29. The number of aromatic nitrogens is 2. The number of nitrogens with two attached hydrogens (primary N) is 2. The van der Waals surface area contributed by atoms with Crippen LogP contribution in [0.3, 0.4) is 0 Å². The molecule has 0 aliphatic carbocycles. The Bertz CT molecular complexity index is 934. The third-order valence-corrected chi connectivity index (χ3v) is 5.80. The maximum absolute atomic E-state index is 13.2. The highest BCUT2D eigenvalue weighted by Gasteiger charge is 2.22. The molecule has 0 radical (unpaired) electrons. The lowest BCUT2D eigenvalue weighted by atomic mass is 9.91. The van der Waals surface area contributed by atoms with E-state index < -0.39 is 0 Å². The van der Waals surface area contributed by atoms with Gasteiger partial charge < -0.3 is 20.9 Å². The summed E-state index contributed by atoms with van der Waals surface area (Å²) >= 11 is 0. The predicted octanol–water partition coefficient (Wildman–Crippen LogP) is 3.33. The highest BCUT2D eigenvalue weighted by atomic mass is 19.1. The molecule has 28 heavy (non-hydrogen) atoms. The number of rotatable bonds is 5. The third-order valence-electron chi connectivity index (χ3n) is 5.80. The van der Waals surface area contributed by atoms with Crippen molar-refractivity contribution >= 4 is 17.0 Å². The molecule has 1 aliphatic rings. The Balaban J connectivity index is 1.63. The fraction of sp³-hybridized carbons (Fsp3) is 0.409. The molecule has 0 saturated carbocycles. The predicted molar refractivity (Wildman–Crippen MR) is 112 cm³/mol. The number of imidazole rings is 1. The summed E-state index contributed by atoms with van der Waals surface area (Å²) in [5.74, 6) is 0.761. The number of para-hydroxylation sites is 1. The second-order valence-electron chi connectivity index (χ2n) is 7.66. The molecule has 148 valence electrons. The molecule has 5 nitrogen and oxygen atoms in total. The van der Waals surface area contributed by atoms with Crippen molar-refractivity contribution in [2.75, 3.05) is 31.9 Å². The van der Waals surface area contributed by atoms with Gasteiger partial charge in [-0.05, 0) is 67.6 Å². The van der Waals surface area contributed by atoms with Gasteiger partial charge in [0, 0.05) is 13.1 Å². The minimum absolute atomic E-state index is 0.230. The van der Waals surface area contributed by atoms with Crippen LogP contribution < -0.4 is 11.5 Å². The fourth-order valence-corrected chi connectivity index (χ4v) is 4.33. The van der Waals surface area contributed by atoms with E-state index in [4.69, 9.17) is 16.5 Å². The van der Waals surface area contributed by atoms with Crippen LogP contribution in [0, 0.1) is 5.82 Å². The maximum atomic E-state index is 13.2. The van der Waals surface area contributed by atoms with Crippen LogP contribution in [0.2, 0.25) is 0 Å². The molecule has 0 amide bonds. The van der Waals surface area contributed by atoms with Gasteiger partial charge in [0.05, 0.1) is 17.6 Å². The van der Waals surface area contributed by atoms with Crippen molar-refractivity contribution in [1.29, 1.82) is 0 Å². The van der Waals surface area contributed by atoms with Crippen molar-refractivity contribution < 1.29 is 4.39 Å². The van der Waals surface area contributed by atoms with Gasteiger partial charge >= 0.3 is 0 Å². The molecule has 1 fully saturated rings. The van der Waals surface area contributed by atoms with Gasteiger partial charge in [0.25, 0.3) is 0 Å². The summed E-state index contributed by atoms with van der Waals surface area (Å²) in [5, 5.41) is 0. The van der Waals surface area contributed by atoms with Crippen LogP contribution in [0.15, 0.2) is 42.5 Å². The summed E-state index contributed by atoms with van der Waals surface area (Å²) in [4.78, 5) is 7.18. The normalized spacial score (nSPS) is 18.4. The number of likely N-dealkylation sites (tertiary alicyclic amines) is 1. The molecule has 0 spiro atoms. The number of nitrogens with zero attached hydrogens (tertiary/aromatic N) is 3. The molecular weight excluding hydrogens is 353 g/mol. The molecule has 4 N–H and O–H groups in total. The monoisotopic (exact) mass is 381 g/mol. The Morgan fingerprint density at radius 3 is 2.68 bits per heavy atom. The zero-order valence-corrected chi connectivity index (χ0v) is 16.1. The van der Waals surface area contributed by atoms with E-state index in [1.165, 1.54) is 24.1 Å². The maximum Gasteiger partial charge on any atom is 0.201 e. The van der Waals surface area contributed by atoms with E-state index in [0.717, 1.165) is 49.1 Å². The van der Waals surface area contributed by atoms with Crippen molar-refractivity contribution in [3.8, 4) is 0 Å². The van der Waals surface area contributed by atoms with Crippen molar-refractivity contribution in [2.45, 2.75) is 31.7 Å². The van der Waals surface area contributed by atoms with Crippen LogP contribution in [0.1, 0.15) is 36.3 Å². The second-order valence-corrected chi connectivity index (χ2v) is 7.66. The first-order valence-electron chi connectivity index (χ1n) is 10.1. The molecule has 1 saturated heterocycles. The molecule has 6 heteroatoms. The highest BCUT2D eigenvalue weighted by molar-refractivity contribution is 5.82. The van der Waals surface area contributed by atoms with Crippen LogP contribution in [0.4, 0.5) is 10.3 Å². The lowest BCUT2D eigenvalue weighted by Gasteiger charge is -2.19. The fourth-order valence-electron chi connectivity index (χ4n) is 4.33. The van der Waals surface area contributed by atoms with E-state index in [1.807, 2.05) is 4.57 Å². The Labute approximate surface area is 165 Å². The minimum Gasteiger partial charge on any atom is -0.369 e. The zero-order chi connectivity index (χ0) is 19.5. The Hall–Kier alpha value is -2.44. The minimum atomic E-state index is -0.230. The van der Waals surface area contributed by atoms with Gasteiger partial charge in [-0.2, -0.15) is 0 Å². The van der Waals surface area contributed by atoms with E-state index in [1.54, 1.807) is 12.1 Å². The molecule has 4 rings (SSSR count). The van der Waals surface area contributed by atoms with Crippen LogP contribution in [0.25, 0.3) is 11.0 Å². The molecule has 1 atom stereocenters. The lowest BCUT2D eigenvalue weighted by molar-refractivity contribution is 0.292. The number of hydrogen-bond donors (Lipinski definition) is 2. The van der Waals surface area contributed by atoms with Gasteiger partial charge in [0.2, 0.25) is 5.95 Å². The van der Waals surface area contributed by atoms with Gasteiger partial charge in [-0.15, -0.1) is 0 Å². The lowest BCUT2D eigenvalue weighted by Crippen LogP contribution is -2.30. The number of halogens is 1. The summed E-state index contributed by atoms with van der Waals surface area (Å²) < 4.78 is 15.2. The molecule has 2 aromatic carbocycles. The summed E-state index contributed by atoms with van der Waals surface area (Å²) in [6, 6.07) is 12.9. The standard InChI is InChI=1S/C22H28FN5/c23-18-8-6-16(7-9-18)15-28-20-5-1-4-19(21(20)26-22(28)25)17-3-2-12-27(13-10-17)14-11-24/h1,4-9,17H,2-3,10-15,24H2,(H2,25,26). The zero-order valence-electron chi connectivity index (χ0n) is 16.1. The van der Waals surface area contributed by atoms with E-state index >= 15 is 0 Å². The number of fused-ring (bicyclic) bond motifs is 1. The molecule has 1 aliphatic heterocycles. The summed E-state index contributed by atoms with van der Waals surface area (Å²) in [6.45, 7) is 4.45. The molecule has 3 aromatic rings. The molecule has 1 aromatic heterocycles. The average molecular weight is 381 g/mol. The number of anilines is 1. The van der Waals surface area contributed by atoms with Crippen molar-refractivity contribution in [3.05, 3.63) is 59.4 Å². The van der Waals surface area contributed by atoms with E-state index in [-0.39, 0.29) is 5.82 Å². The average Bonchev–Trinajstić information content (AvgIpc) is 2.86. The molecular formula is C22H28FN5. The van der Waals surface area contributed by atoms with Crippen molar-refractivity contribution in [1.82, 2.24) is 14.5 Å². The molecule has 0 bridgehead atoms.